The summed E-state index contributed by atoms with van der Waals surface area (Å²) in [5, 5.41) is 34.0. The summed E-state index contributed by atoms with van der Waals surface area (Å²) in [6.45, 7) is 12.9. The fourth-order valence-corrected chi connectivity index (χ4v) is 11.6. The molecule has 0 aromatic carbocycles. The number of ketones is 3. The average molecular weight is 976 g/mol. The molecule has 0 aromatic heterocycles. The van der Waals surface area contributed by atoms with Gasteiger partial charge in [0.25, 0.3) is 11.7 Å². The zero-order valence-electron chi connectivity index (χ0n) is 41.5. The maximum absolute atomic E-state index is 14.4. The third kappa shape index (κ3) is 15.7. The minimum absolute atomic E-state index is 0.0304. The molecule has 3 fully saturated rings. The molecule has 2 saturated heterocycles. The highest BCUT2D eigenvalue weighted by molar-refractivity contribution is 8.00. The molecular formula is C52H81NO12S2. The third-order valence-electron chi connectivity index (χ3n) is 14.6. The van der Waals surface area contributed by atoms with Gasteiger partial charge in [-0.2, -0.15) is 24.4 Å². The van der Waals surface area contributed by atoms with E-state index in [0.29, 0.717) is 69.1 Å². The number of carbonyl (C=O) groups is 5. The second-order valence-electron chi connectivity index (χ2n) is 19.9. The molecule has 13 nitrogen and oxygen atoms in total. The Balaban J connectivity index is 1.72. The zero-order valence-corrected chi connectivity index (χ0v) is 43.2. The summed E-state index contributed by atoms with van der Waals surface area (Å²) in [7, 11) is 2.96. The Labute approximate surface area is 409 Å². The number of fused-ring (bicyclic) bond motifs is 3. The minimum Gasteiger partial charge on any atom is -0.460 e. The van der Waals surface area contributed by atoms with E-state index in [1.54, 1.807) is 45.7 Å². The largest absolute Gasteiger partial charge is 0.460 e. The smallest absolute Gasteiger partial charge is 0.329 e. The molecule has 378 valence electrons. The van der Waals surface area contributed by atoms with Crippen molar-refractivity contribution >= 4 is 53.6 Å². The van der Waals surface area contributed by atoms with Crippen molar-refractivity contribution in [2.75, 3.05) is 32.3 Å². The van der Waals surface area contributed by atoms with Crippen molar-refractivity contribution in [1.82, 2.24) is 4.90 Å². The van der Waals surface area contributed by atoms with E-state index >= 15 is 0 Å². The Morgan fingerprint density at radius 3 is 2.33 bits per heavy atom. The summed E-state index contributed by atoms with van der Waals surface area (Å²) in [5.41, 5.74) is 1.45. The lowest BCUT2D eigenvalue weighted by molar-refractivity contribution is -0.263. The molecule has 1 aliphatic carbocycles. The zero-order chi connectivity index (χ0) is 49.6. The molecule has 4 aliphatic rings. The van der Waals surface area contributed by atoms with E-state index in [1.807, 2.05) is 58.1 Å². The second kappa shape index (κ2) is 27.1. The number of thiol groups is 1. The third-order valence-corrected chi connectivity index (χ3v) is 16.5. The summed E-state index contributed by atoms with van der Waals surface area (Å²) >= 11 is 6.15. The first-order valence-electron chi connectivity index (χ1n) is 24.6. The van der Waals surface area contributed by atoms with Crippen LogP contribution in [0.15, 0.2) is 47.6 Å². The topological polar surface area (TPSA) is 186 Å². The number of aliphatic hydroxyl groups is 3. The standard InChI is InChI=1S/C52H81NO12S2/c1-31-15-11-10-12-16-32(2)45(67-24-23-66)29-39-20-18-37(7)52(61,65-39)49(58)50(59)53-22-14-13-17-40(53)51(60)64-43(34(4)27-38-19-21-41(54)44(28-38)62-8)30-42(55)33(3)26-36(6)47(57)48(63-9)46(56)35(5)25-31/h10-12,15-16,26,31,33-35,37-41,43-45,47-48,54,57,61,66H,13-14,17-25,27-30H2,1-9H3/b12-10+,15-11+,32-16+,36-26+/t31-,33-,34-,35-,37-,38+,39+,40+,41-,43+,44-,45?,47-,48+,52-/m1/s1. The van der Waals surface area contributed by atoms with Crippen molar-refractivity contribution in [3.8, 4) is 0 Å². The van der Waals surface area contributed by atoms with Crippen LogP contribution >= 0.6 is 24.4 Å². The summed E-state index contributed by atoms with van der Waals surface area (Å²) in [6.07, 6.45) is 12.3. The number of cyclic esters (lactones) is 1. The second-order valence-corrected chi connectivity index (χ2v) is 21.7. The highest BCUT2D eigenvalue weighted by atomic mass is 32.2. The number of thioether (sulfide) groups is 1. The van der Waals surface area contributed by atoms with Gasteiger partial charge in [-0.1, -0.05) is 76.6 Å². The summed E-state index contributed by atoms with van der Waals surface area (Å²) in [5.74, 6) is -6.40. The van der Waals surface area contributed by atoms with Crippen LogP contribution in [0.5, 0.6) is 0 Å². The van der Waals surface area contributed by atoms with Gasteiger partial charge < -0.3 is 39.2 Å². The molecule has 0 aromatic rings. The highest BCUT2D eigenvalue weighted by Gasteiger charge is 2.53. The Hall–Kier alpha value is -2.63. The number of carbonyl (C=O) groups excluding carboxylic acids is 5. The molecule has 1 unspecified atom stereocenters. The quantitative estimate of drug-likeness (QED) is 0.0830. The van der Waals surface area contributed by atoms with E-state index in [1.165, 1.54) is 12.0 Å². The summed E-state index contributed by atoms with van der Waals surface area (Å²) in [6, 6.07) is -1.13. The number of rotatable bonds is 8. The molecule has 2 bridgehead atoms. The van der Waals surface area contributed by atoms with Crippen LogP contribution in [0.3, 0.4) is 0 Å². The van der Waals surface area contributed by atoms with E-state index in [-0.39, 0.29) is 60.1 Å². The molecule has 1 amide bonds. The van der Waals surface area contributed by atoms with Crippen LogP contribution in [0, 0.1) is 35.5 Å². The minimum atomic E-state index is -2.40. The first-order valence-corrected chi connectivity index (χ1v) is 26.3. The van der Waals surface area contributed by atoms with Crippen LogP contribution in [0.4, 0.5) is 0 Å². The molecular weight excluding hydrogens is 895 g/mol. The number of allylic oxidation sites excluding steroid dienone is 6. The fourth-order valence-electron chi connectivity index (χ4n) is 10.2. The van der Waals surface area contributed by atoms with Crippen molar-refractivity contribution in [1.29, 1.82) is 0 Å². The number of aliphatic hydroxyl groups excluding tert-OH is 2. The van der Waals surface area contributed by atoms with Crippen LogP contribution in [0.25, 0.3) is 0 Å². The van der Waals surface area contributed by atoms with E-state index < -0.39 is 77.8 Å². The highest BCUT2D eigenvalue weighted by Crippen LogP contribution is 2.39. The van der Waals surface area contributed by atoms with Crippen molar-refractivity contribution in [2.24, 2.45) is 35.5 Å². The Morgan fingerprint density at radius 2 is 1.64 bits per heavy atom. The molecule has 4 rings (SSSR count). The fraction of sp³-hybridized carbons (Fsp3) is 0.750. The van der Waals surface area contributed by atoms with Crippen molar-refractivity contribution in [3.05, 3.63) is 47.6 Å². The average Bonchev–Trinajstić information content (AvgIpc) is 3.30. The number of amides is 1. The van der Waals surface area contributed by atoms with Crippen LogP contribution in [-0.4, -0.2) is 135 Å². The van der Waals surface area contributed by atoms with E-state index in [2.05, 4.69) is 12.6 Å². The predicted molar refractivity (Wildman–Crippen MR) is 264 cm³/mol. The van der Waals surface area contributed by atoms with Gasteiger partial charge in [-0.3, -0.25) is 19.2 Å². The molecule has 3 aliphatic heterocycles. The molecule has 15 atom stereocenters. The molecule has 3 N–H and O–H groups in total. The van der Waals surface area contributed by atoms with E-state index in [0.717, 1.165) is 17.7 Å². The van der Waals surface area contributed by atoms with Crippen LogP contribution in [0.2, 0.25) is 0 Å². The summed E-state index contributed by atoms with van der Waals surface area (Å²) in [4.78, 5) is 72.2. The molecule has 0 radical (unpaired) electrons. The lowest BCUT2D eigenvalue weighted by Crippen LogP contribution is -2.60. The lowest BCUT2D eigenvalue weighted by atomic mass is 9.78. The first-order chi connectivity index (χ1) is 31.7. The molecule has 3 heterocycles. The Bertz CT molecular complexity index is 1800. The SMILES string of the molecule is CO[C@@H]1C[C@H](C[C@@H](C)[C@@H]2CC(=O)[C@H](C)/C=C(\C)[C@@H](O)[C@@H](OC)C(=O)[C@H](C)C[C@H](C)/C=C/C=C/C=C(\C)C(SCCS)C[C@@H]3CC[C@@H](C)[C@@](O)(O3)C(=O)C(=O)N3CCCC[C@H]3C(=O)O2)CC[C@H]1O. The number of hydrogen-bond acceptors (Lipinski definition) is 14. The maximum atomic E-state index is 14.4. The van der Waals surface area contributed by atoms with Crippen molar-refractivity contribution < 1.29 is 58.2 Å². The molecule has 0 spiro atoms. The Morgan fingerprint density at radius 1 is 0.910 bits per heavy atom. The van der Waals surface area contributed by atoms with E-state index in [4.69, 9.17) is 18.9 Å². The van der Waals surface area contributed by atoms with Gasteiger partial charge in [0, 0.05) is 55.9 Å². The number of methoxy groups -OCH3 is 2. The number of nitrogens with zero attached hydrogens (tertiary/aromatic N) is 1. The number of piperidine rings is 1. The lowest BCUT2D eigenvalue weighted by Gasteiger charge is -2.43. The monoisotopic (exact) mass is 976 g/mol. The van der Waals surface area contributed by atoms with Crippen LogP contribution < -0.4 is 0 Å². The van der Waals surface area contributed by atoms with Crippen LogP contribution in [0.1, 0.15) is 126 Å². The van der Waals surface area contributed by atoms with Gasteiger partial charge >= 0.3 is 5.97 Å². The Kier molecular flexibility index (Phi) is 23.0. The van der Waals surface area contributed by atoms with E-state index in [9.17, 15) is 39.3 Å². The van der Waals surface area contributed by atoms with Gasteiger partial charge in [0.05, 0.1) is 18.3 Å². The number of hydrogen-bond donors (Lipinski definition) is 4. The van der Waals surface area contributed by atoms with Gasteiger partial charge in [-0.15, -0.1) is 0 Å². The van der Waals surface area contributed by atoms with Gasteiger partial charge in [-0.05, 0) is 114 Å². The van der Waals surface area contributed by atoms with Crippen LogP contribution in [-0.2, 0) is 42.9 Å². The predicted octanol–water partition coefficient (Wildman–Crippen LogP) is 7.20. The molecule has 1 saturated carbocycles. The van der Waals surface area contributed by atoms with Crippen molar-refractivity contribution in [2.45, 2.75) is 179 Å². The number of Topliss-reactive ketones (excluding diaryl/α,β-unsaturated/α-hetero) is 3. The first kappa shape index (κ1) is 57.0. The van der Waals surface area contributed by atoms with Gasteiger partial charge in [-0.25, -0.2) is 4.79 Å². The van der Waals surface area contributed by atoms with Gasteiger partial charge in [0.15, 0.2) is 5.78 Å². The number of ether oxygens (including phenoxy) is 4. The normalized spacial score (nSPS) is 39.6. The van der Waals surface area contributed by atoms with Crippen molar-refractivity contribution in [3.63, 3.8) is 0 Å². The number of esters is 1. The summed E-state index contributed by atoms with van der Waals surface area (Å²) < 4.78 is 23.7. The molecule has 15 heteroatoms. The van der Waals surface area contributed by atoms with Gasteiger partial charge in [0.1, 0.15) is 30.1 Å². The maximum Gasteiger partial charge on any atom is 0.329 e. The van der Waals surface area contributed by atoms with Gasteiger partial charge in [0.2, 0.25) is 5.79 Å². The molecule has 67 heavy (non-hydrogen) atoms.